The molecule has 0 bridgehead atoms. The van der Waals surface area contributed by atoms with Crippen LogP contribution >= 0.6 is 0 Å². The molecule has 0 saturated heterocycles. The molecule has 0 aliphatic heterocycles. The Labute approximate surface area is 186 Å². The summed E-state index contributed by atoms with van der Waals surface area (Å²) in [6, 6.07) is 17.8. The molecule has 1 unspecified atom stereocenters. The van der Waals surface area contributed by atoms with Crippen molar-refractivity contribution in [3.63, 3.8) is 0 Å². The number of para-hydroxylation sites is 1. The molecule has 0 saturated carbocycles. The summed E-state index contributed by atoms with van der Waals surface area (Å²) in [6.45, 7) is 6.44. The average Bonchev–Trinajstić information content (AvgIpc) is 3.20. The number of carbonyl (C=O) groups excluding carboxylic acids is 1. The number of nitrogens with one attached hydrogen (secondary N) is 1. The molecule has 1 atom stereocenters. The van der Waals surface area contributed by atoms with Crippen LogP contribution in [-0.4, -0.2) is 46.0 Å². The van der Waals surface area contributed by atoms with Crippen LogP contribution in [0.15, 0.2) is 70.1 Å². The molecule has 2 aromatic heterocycles. The van der Waals surface area contributed by atoms with Crippen LogP contribution in [0, 0.1) is 0 Å². The molecule has 0 aliphatic carbocycles. The molecule has 4 rings (SSSR count). The lowest BCUT2D eigenvalue weighted by atomic mass is 10.0. The van der Waals surface area contributed by atoms with Crippen molar-refractivity contribution in [3.05, 3.63) is 76.8 Å². The fourth-order valence-electron chi connectivity index (χ4n) is 4.13. The van der Waals surface area contributed by atoms with Crippen molar-refractivity contribution in [2.24, 2.45) is 0 Å². The van der Waals surface area contributed by atoms with Gasteiger partial charge in [0.2, 0.25) is 11.5 Å². The van der Waals surface area contributed by atoms with Crippen LogP contribution in [0.2, 0.25) is 0 Å². The van der Waals surface area contributed by atoms with Crippen LogP contribution in [0.4, 0.5) is 0 Å². The van der Waals surface area contributed by atoms with E-state index in [1.165, 1.54) is 16.5 Å². The van der Waals surface area contributed by atoms with Gasteiger partial charge >= 0.3 is 0 Å². The number of likely N-dealkylation sites (N-methyl/N-ethyl adjacent to an activating group) is 1. The summed E-state index contributed by atoms with van der Waals surface area (Å²) >= 11 is 0. The number of nitrogens with zero attached hydrogens (tertiary/aromatic N) is 3. The number of furan rings is 1. The largest absolute Gasteiger partial charge is 0.448 e. The predicted octanol–water partition coefficient (Wildman–Crippen LogP) is 3.21. The minimum absolute atomic E-state index is 0.102. The fourth-order valence-corrected chi connectivity index (χ4v) is 4.13. The Kier molecular flexibility index (Phi) is 6.66. The Hall–Kier alpha value is -3.45. The molecule has 7 heteroatoms. The number of hydrogen-bond donors (Lipinski definition) is 1. The molecule has 0 aliphatic rings. The van der Waals surface area contributed by atoms with Gasteiger partial charge in [-0.05, 0) is 37.2 Å². The second kappa shape index (κ2) is 9.78. The Bertz CT molecular complexity index is 1260. The maximum atomic E-state index is 12.9. The quantitative estimate of drug-likeness (QED) is 0.439. The fraction of sp³-hybridized carbons (Fsp3) is 0.320. The third kappa shape index (κ3) is 4.57. The van der Waals surface area contributed by atoms with Gasteiger partial charge in [-0.2, -0.15) is 0 Å². The van der Waals surface area contributed by atoms with E-state index in [0.717, 1.165) is 24.9 Å². The third-order valence-electron chi connectivity index (χ3n) is 5.84. The van der Waals surface area contributed by atoms with Crippen molar-refractivity contribution < 1.29 is 9.21 Å². The Balaban J connectivity index is 1.47. The van der Waals surface area contributed by atoms with Crippen LogP contribution in [0.1, 0.15) is 19.4 Å². The van der Waals surface area contributed by atoms with Gasteiger partial charge in [0.25, 0.3) is 5.56 Å². The molecule has 166 valence electrons. The van der Waals surface area contributed by atoms with Gasteiger partial charge in [-0.3, -0.25) is 19.1 Å². The molecular weight excluding hydrogens is 404 g/mol. The summed E-state index contributed by atoms with van der Waals surface area (Å²) in [5.41, 5.74) is 2.18. The minimum Gasteiger partial charge on any atom is -0.448 e. The zero-order valence-corrected chi connectivity index (χ0v) is 18.5. The molecule has 32 heavy (non-hydrogen) atoms. The first kappa shape index (κ1) is 21.8. The number of aromatic nitrogens is 2. The van der Waals surface area contributed by atoms with Gasteiger partial charge in [-0.25, -0.2) is 4.98 Å². The Morgan fingerprint density at radius 3 is 2.56 bits per heavy atom. The van der Waals surface area contributed by atoms with Gasteiger partial charge in [-0.15, -0.1) is 0 Å². The van der Waals surface area contributed by atoms with E-state index in [1.54, 1.807) is 6.07 Å². The van der Waals surface area contributed by atoms with Crippen molar-refractivity contribution in [1.29, 1.82) is 0 Å². The van der Waals surface area contributed by atoms with Gasteiger partial charge < -0.3 is 9.73 Å². The second-order valence-electron chi connectivity index (χ2n) is 7.82. The predicted molar refractivity (Wildman–Crippen MR) is 126 cm³/mol. The van der Waals surface area contributed by atoms with E-state index in [9.17, 15) is 9.59 Å². The van der Waals surface area contributed by atoms with E-state index < -0.39 is 0 Å². The van der Waals surface area contributed by atoms with Gasteiger partial charge in [0, 0.05) is 18.0 Å². The first-order valence-electron chi connectivity index (χ1n) is 11.0. The van der Waals surface area contributed by atoms with Crippen molar-refractivity contribution >= 4 is 28.0 Å². The molecule has 0 radical (unpaired) electrons. The summed E-state index contributed by atoms with van der Waals surface area (Å²) in [7, 11) is 0. The van der Waals surface area contributed by atoms with Gasteiger partial charge in [0.15, 0.2) is 0 Å². The standard InChI is InChI=1S/C25H28N4O3/c1-3-28(4-2)19(14-18-10-6-5-7-11-18)15-26-22(30)16-29-17-27-23-20-12-8-9-13-21(20)32-24(23)25(29)31/h5-13,17,19H,3-4,14-16H2,1-2H3,(H,26,30). The molecule has 0 fully saturated rings. The van der Waals surface area contributed by atoms with Crippen LogP contribution in [0.25, 0.3) is 22.1 Å². The normalized spacial score (nSPS) is 12.5. The Morgan fingerprint density at radius 1 is 1.09 bits per heavy atom. The lowest BCUT2D eigenvalue weighted by Gasteiger charge is -2.30. The number of rotatable bonds is 9. The topological polar surface area (TPSA) is 80.4 Å². The highest BCUT2D eigenvalue weighted by molar-refractivity contribution is 6.01. The number of amides is 1. The minimum atomic E-state index is -0.356. The number of hydrogen-bond acceptors (Lipinski definition) is 5. The highest BCUT2D eigenvalue weighted by Crippen LogP contribution is 2.23. The van der Waals surface area contributed by atoms with Gasteiger partial charge in [0.05, 0.1) is 6.33 Å². The SMILES string of the molecule is CCN(CC)C(CNC(=O)Cn1cnc2c(oc3ccccc32)c1=O)Cc1ccccc1. The first-order valence-corrected chi connectivity index (χ1v) is 11.0. The summed E-state index contributed by atoms with van der Waals surface area (Å²) in [4.78, 5) is 32.2. The van der Waals surface area contributed by atoms with E-state index in [2.05, 4.69) is 41.2 Å². The summed E-state index contributed by atoms with van der Waals surface area (Å²) in [6.07, 6.45) is 2.26. The van der Waals surface area contributed by atoms with Gasteiger partial charge in [0.1, 0.15) is 17.6 Å². The average molecular weight is 433 g/mol. The van der Waals surface area contributed by atoms with E-state index in [0.29, 0.717) is 17.6 Å². The van der Waals surface area contributed by atoms with E-state index >= 15 is 0 Å². The van der Waals surface area contributed by atoms with E-state index in [4.69, 9.17) is 4.42 Å². The number of benzene rings is 2. The van der Waals surface area contributed by atoms with Crippen LogP contribution in [-0.2, 0) is 17.8 Å². The molecular formula is C25H28N4O3. The van der Waals surface area contributed by atoms with Crippen molar-refractivity contribution in [3.8, 4) is 0 Å². The van der Waals surface area contributed by atoms with Crippen molar-refractivity contribution in [1.82, 2.24) is 19.8 Å². The van der Waals surface area contributed by atoms with E-state index in [1.807, 2.05) is 36.4 Å². The lowest BCUT2D eigenvalue weighted by molar-refractivity contribution is -0.122. The first-order chi connectivity index (χ1) is 15.6. The maximum absolute atomic E-state index is 12.9. The number of fused-ring (bicyclic) bond motifs is 3. The highest BCUT2D eigenvalue weighted by Gasteiger charge is 2.19. The van der Waals surface area contributed by atoms with Crippen LogP contribution in [0.5, 0.6) is 0 Å². The lowest BCUT2D eigenvalue weighted by Crippen LogP contribution is -2.46. The number of carbonyl (C=O) groups is 1. The molecule has 0 spiro atoms. The van der Waals surface area contributed by atoms with Gasteiger partial charge in [-0.1, -0.05) is 56.3 Å². The molecule has 1 amide bonds. The van der Waals surface area contributed by atoms with Crippen molar-refractivity contribution in [2.45, 2.75) is 32.9 Å². The molecule has 2 aromatic carbocycles. The summed E-state index contributed by atoms with van der Waals surface area (Å²) in [5.74, 6) is -0.227. The highest BCUT2D eigenvalue weighted by atomic mass is 16.3. The van der Waals surface area contributed by atoms with E-state index in [-0.39, 0.29) is 29.6 Å². The van der Waals surface area contributed by atoms with Crippen LogP contribution < -0.4 is 10.9 Å². The molecule has 4 aromatic rings. The Morgan fingerprint density at radius 2 is 1.81 bits per heavy atom. The van der Waals surface area contributed by atoms with Crippen LogP contribution in [0.3, 0.4) is 0 Å². The summed E-state index contributed by atoms with van der Waals surface area (Å²) < 4.78 is 6.99. The molecule has 2 heterocycles. The molecule has 1 N–H and O–H groups in total. The third-order valence-corrected chi connectivity index (χ3v) is 5.84. The molecule has 7 nitrogen and oxygen atoms in total. The monoisotopic (exact) mass is 432 g/mol. The smallest absolute Gasteiger partial charge is 0.297 e. The maximum Gasteiger partial charge on any atom is 0.297 e. The summed E-state index contributed by atoms with van der Waals surface area (Å²) in [5, 5.41) is 3.79. The van der Waals surface area contributed by atoms with Crippen molar-refractivity contribution in [2.75, 3.05) is 19.6 Å². The zero-order chi connectivity index (χ0) is 22.5. The second-order valence-corrected chi connectivity index (χ2v) is 7.82. The zero-order valence-electron chi connectivity index (χ0n) is 18.5.